The highest BCUT2D eigenvalue weighted by molar-refractivity contribution is 5.96. The van der Waals surface area contributed by atoms with E-state index in [0.717, 1.165) is 36.8 Å². The van der Waals surface area contributed by atoms with Crippen LogP contribution in [-0.2, 0) is 24.7 Å². The molecule has 0 aromatic heterocycles. The number of unbranched alkanes of at least 4 members (excludes halogenated alkanes) is 3. The summed E-state index contributed by atoms with van der Waals surface area (Å²) in [5.74, 6) is 0.242. The maximum atomic E-state index is 12.5. The first-order valence-corrected chi connectivity index (χ1v) is 12.0. The zero-order chi connectivity index (χ0) is 24.4. The summed E-state index contributed by atoms with van der Waals surface area (Å²) < 4.78 is 6.57. The average molecular weight is 463 g/mol. The minimum Gasteiger partial charge on any atom is -0.462 e. The van der Waals surface area contributed by atoms with Crippen LogP contribution in [0.4, 0.5) is 0 Å². The van der Waals surface area contributed by atoms with E-state index in [1.807, 2.05) is 60.7 Å². The molecule has 1 amide bonds. The van der Waals surface area contributed by atoms with Crippen LogP contribution in [0.5, 0.6) is 0 Å². The highest BCUT2D eigenvalue weighted by Gasteiger charge is 2.45. The first kappa shape index (κ1) is 25.2. The third-order valence-electron chi connectivity index (χ3n) is 6.00. The number of carbonyl (C=O) groups excluding carboxylic acids is 3. The second-order valence-corrected chi connectivity index (χ2v) is 8.77. The summed E-state index contributed by atoms with van der Waals surface area (Å²) in [5, 5.41) is 6.14. The summed E-state index contributed by atoms with van der Waals surface area (Å²) in [5.41, 5.74) is 1.98. The van der Waals surface area contributed by atoms with Crippen molar-refractivity contribution in [3.05, 3.63) is 83.2 Å². The molecule has 180 valence electrons. The van der Waals surface area contributed by atoms with Crippen LogP contribution >= 0.6 is 0 Å². The zero-order valence-electron chi connectivity index (χ0n) is 20.1. The maximum Gasteiger partial charge on any atom is 0.227 e. The molecule has 34 heavy (non-hydrogen) atoms. The fourth-order valence-electron chi connectivity index (χ4n) is 4.25. The Hall–Kier alpha value is -3.41. The molecule has 3 rings (SSSR count). The number of Topliss-reactive ketones (excluding diaryl/α,β-unsaturated/α-hetero) is 2. The smallest absolute Gasteiger partial charge is 0.227 e. The number of benzene rings is 2. The monoisotopic (exact) mass is 462 g/mol. The maximum absolute atomic E-state index is 12.5. The lowest BCUT2D eigenvalue weighted by Gasteiger charge is -2.31. The van der Waals surface area contributed by atoms with Crippen LogP contribution in [-0.4, -0.2) is 30.6 Å². The Morgan fingerprint density at radius 3 is 1.91 bits per heavy atom. The first-order chi connectivity index (χ1) is 16.4. The van der Waals surface area contributed by atoms with E-state index in [0.29, 0.717) is 31.0 Å². The van der Waals surface area contributed by atoms with Crippen molar-refractivity contribution in [2.75, 3.05) is 13.1 Å². The Balaban J connectivity index is 1.56. The van der Waals surface area contributed by atoms with Gasteiger partial charge in [0.15, 0.2) is 17.3 Å². The van der Waals surface area contributed by atoms with Crippen LogP contribution in [0, 0.1) is 0 Å². The third-order valence-corrected chi connectivity index (χ3v) is 6.00. The molecule has 1 heterocycles. The van der Waals surface area contributed by atoms with Crippen molar-refractivity contribution in [2.45, 2.75) is 58.0 Å². The Bertz CT molecular complexity index is 976. The van der Waals surface area contributed by atoms with Crippen LogP contribution in [0.1, 0.15) is 63.5 Å². The van der Waals surface area contributed by atoms with Crippen molar-refractivity contribution in [1.29, 1.82) is 0 Å². The van der Waals surface area contributed by atoms with Crippen LogP contribution in [0.25, 0.3) is 0 Å². The molecule has 0 bridgehead atoms. The molecule has 1 aliphatic heterocycles. The summed E-state index contributed by atoms with van der Waals surface area (Å²) in [4.78, 5) is 34.9. The van der Waals surface area contributed by atoms with E-state index in [-0.39, 0.29) is 23.9 Å². The summed E-state index contributed by atoms with van der Waals surface area (Å²) in [6.07, 6.45) is 4.18. The van der Waals surface area contributed by atoms with E-state index in [4.69, 9.17) is 4.74 Å². The highest BCUT2D eigenvalue weighted by atomic mass is 16.5. The van der Waals surface area contributed by atoms with Gasteiger partial charge >= 0.3 is 0 Å². The Morgan fingerprint density at radius 2 is 1.38 bits per heavy atom. The van der Waals surface area contributed by atoms with Crippen molar-refractivity contribution >= 4 is 17.5 Å². The largest absolute Gasteiger partial charge is 0.462 e. The molecule has 0 radical (unpaired) electrons. The van der Waals surface area contributed by atoms with Gasteiger partial charge in [0, 0.05) is 30.6 Å². The number of nitrogens with one attached hydrogen (secondary N) is 2. The molecule has 0 atom stereocenters. The van der Waals surface area contributed by atoms with Gasteiger partial charge in [0.05, 0.1) is 12.0 Å². The highest BCUT2D eigenvalue weighted by Crippen LogP contribution is 2.46. The lowest BCUT2D eigenvalue weighted by molar-refractivity contribution is -0.127. The molecule has 0 spiro atoms. The van der Waals surface area contributed by atoms with Crippen LogP contribution in [0.15, 0.2) is 72.1 Å². The second kappa shape index (κ2) is 12.2. The quantitative estimate of drug-likeness (QED) is 0.341. The summed E-state index contributed by atoms with van der Waals surface area (Å²) in [7, 11) is 0. The average Bonchev–Trinajstić information content (AvgIpc) is 3.23. The topological polar surface area (TPSA) is 84.5 Å². The normalized spacial score (nSPS) is 14.4. The Morgan fingerprint density at radius 1 is 0.824 bits per heavy atom. The molecular formula is C28H34N2O4. The van der Waals surface area contributed by atoms with Gasteiger partial charge in [-0.25, -0.2) is 0 Å². The van der Waals surface area contributed by atoms with Gasteiger partial charge in [0.25, 0.3) is 0 Å². The van der Waals surface area contributed by atoms with E-state index in [9.17, 15) is 14.4 Å². The van der Waals surface area contributed by atoms with Crippen molar-refractivity contribution in [3.63, 3.8) is 0 Å². The second-order valence-electron chi connectivity index (χ2n) is 8.77. The molecule has 0 aliphatic carbocycles. The number of ketones is 2. The molecule has 0 unspecified atom stereocenters. The number of hydrogen-bond acceptors (Lipinski definition) is 5. The summed E-state index contributed by atoms with van der Waals surface area (Å²) in [6, 6.07) is 20.1. The van der Waals surface area contributed by atoms with Crippen molar-refractivity contribution < 1.29 is 19.1 Å². The van der Waals surface area contributed by atoms with E-state index in [1.54, 1.807) is 6.92 Å². The van der Waals surface area contributed by atoms with Crippen LogP contribution in [0.3, 0.4) is 0 Å². The number of hydrogen-bond donors (Lipinski definition) is 2. The molecule has 6 nitrogen and oxygen atoms in total. The van der Waals surface area contributed by atoms with E-state index in [2.05, 4.69) is 10.6 Å². The Labute approximate surface area is 201 Å². The molecule has 2 N–H and O–H groups in total. The Kier molecular flexibility index (Phi) is 9.02. The molecular weight excluding hydrogens is 428 g/mol. The minimum absolute atomic E-state index is 0.0116. The van der Waals surface area contributed by atoms with Crippen molar-refractivity contribution in [2.24, 2.45) is 0 Å². The van der Waals surface area contributed by atoms with Gasteiger partial charge in [-0.3, -0.25) is 14.4 Å². The summed E-state index contributed by atoms with van der Waals surface area (Å²) >= 11 is 0. The van der Waals surface area contributed by atoms with Crippen molar-refractivity contribution in [3.8, 4) is 0 Å². The van der Waals surface area contributed by atoms with Crippen LogP contribution < -0.4 is 10.6 Å². The third kappa shape index (κ3) is 6.56. The number of carbonyl (C=O) groups is 3. The standard InChI is InChI=1S/C28H34N2O4/c1-21(31)19-26(33)29-17-11-3-4-12-18-30-27-25(22(2)32)20-28(34-27,23-13-7-5-8-14-23)24-15-9-6-10-16-24/h5-10,13-16,30H,3-4,11-12,17-20H2,1-2H3,(H,29,33). The number of ether oxygens (including phenoxy) is 1. The summed E-state index contributed by atoms with van der Waals surface area (Å²) in [6.45, 7) is 4.28. The minimum atomic E-state index is -0.732. The lowest BCUT2D eigenvalue weighted by atomic mass is 9.82. The van der Waals surface area contributed by atoms with E-state index in [1.165, 1.54) is 6.92 Å². The van der Waals surface area contributed by atoms with Gasteiger partial charge in [-0.2, -0.15) is 0 Å². The predicted octanol–water partition coefficient (Wildman–Crippen LogP) is 4.40. The zero-order valence-corrected chi connectivity index (χ0v) is 20.1. The molecule has 2 aromatic rings. The van der Waals surface area contributed by atoms with Gasteiger partial charge in [-0.05, 0) is 26.7 Å². The van der Waals surface area contributed by atoms with Crippen molar-refractivity contribution in [1.82, 2.24) is 10.6 Å². The van der Waals surface area contributed by atoms with E-state index >= 15 is 0 Å². The molecule has 0 saturated heterocycles. The number of rotatable bonds is 13. The SMILES string of the molecule is CC(=O)CC(=O)NCCCCCCNC1=C(C(C)=O)CC(c2ccccc2)(c2ccccc2)O1. The van der Waals surface area contributed by atoms with Gasteiger partial charge in [-0.1, -0.05) is 73.5 Å². The van der Waals surface area contributed by atoms with Gasteiger partial charge in [-0.15, -0.1) is 0 Å². The fourth-order valence-corrected chi connectivity index (χ4v) is 4.25. The molecule has 6 heteroatoms. The number of amides is 1. The lowest BCUT2D eigenvalue weighted by Crippen LogP contribution is -2.29. The van der Waals surface area contributed by atoms with E-state index < -0.39 is 5.60 Å². The van der Waals surface area contributed by atoms with Gasteiger partial charge < -0.3 is 15.4 Å². The fraction of sp³-hybridized carbons (Fsp3) is 0.393. The molecule has 0 fully saturated rings. The molecule has 0 saturated carbocycles. The predicted molar refractivity (Wildman–Crippen MR) is 132 cm³/mol. The van der Waals surface area contributed by atoms with Crippen LogP contribution in [0.2, 0.25) is 0 Å². The molecule has 2 aromatic carbocycles. The van der Waals surface area contributed by atoms with Gasteiger partial charge in [0.2, 0.25) is 5.91 Å². The van der Waals surface area contributed by atoms with Gasteiger partial charge in [0.1, 0.15) is 5.78 Å². The molecule has 1 aliphatic rings. The first-order valence-electron chi connectivity index (χ1n) is 12.0.